The van der Waals surface area contributed by atoms with Crippen LogP contribution in [-0.2, 0) is 0 Å². The molecule has 0 aromatic heterocycles. The van der Waals surface area contributed by atoms with E-state index in [4.69, 9.17) is 17.3 Å². The number of anilines is 1. The fourth-order valence-corrected chi connectivity index (χ4v) is 3.28. The molecule has 0 saturated heterocycles. The van der Waals surface area contributed by atoms with Crippen molar-refractivity contribution in [1.82, 2.24) is 0 Å². The summed E-state index contributed by atoms with van der Waals surface area (Å²) in [6.07, 6.45) is 5.04. The van der Waals surface area contributed by atoms with Gasteiger partial charge in [0.2, 0.25) is 0 Å². The average Bonchev–Trinajstić information content (AvgIpc) is 2.33. The maximum Gasteiger partial charge on any atom is 0.0487 e. The van der Waals surface area contributed by atoms with Gasteiger partial charge < -0.3 is 11.1 Å². The Kier molecular flexibility index (Phi) is 4.71. The van der Waals surface area contributed by atoms with Crippen molar-refractivity contribution >= 4 is 33.2 Å². The monoisotopic (exact) mass is 316 g/mol. The van der Waals surface area contributed by atoms with E-state index in [0.29, 0.717) is 12.0 Å². The molecule has 3 N–H and O–H groups in total. The first-order valence-electron chi connectivity index (χ1n) is 6.12. The van der Waals surface area contributed by atoms with Crippen molar-refractivity contribution in [2.75, 3.05) is 11.9 Å². The van der Waals surface area contributed by atoms with E-state index in [9.17, 15) is 0 Å². The SMILES string of the molecule is NCC1CCCCC1Nc1ccc(Cl)cc1Br. The van der Waals surface area contributed by atoms with Crippen molar-refractivity contribution in [3.63, 3.8) is 0 Å². The second kappa shape index (κ2) is 6.07. The Labute approximate surface area is 116 Å². The minimum atomic E-state index is 0.492. The Bertz CT molecular complexity index is 384. The van der Waals surface area contributed by atoms with Gasteiger partial charge in [-0.2, -0.15) is 0 Å². The molecule has 1 aliphatic carbocycles. The summed E-state index contributed by atoms with van der Waals surface area (Å²) in [6, 6.07) is 6.35. The lowest BCUT2D eigenvalue weighted by Crippen LogP contribution is -2.36. The second-order valence-electron chi connectivity index (χ2n) is 4.66. The molecule has 0 aliphatic heterocycles. The van der Waals surface area contributed by atoms with Crippen molar-refractivity contribution in [2.45, 2.75) is 31.7 Å². The van der Waals surface area contributed by atoms with Gasteiger partial charge in [-0.3, -0.25) is 0 Å². The van der Waals surface area contributed by atoms with Crippen molar-refractivity contribution in [2.24, 2.45) is 11.7 Å². The molecule has 0 heterocycles. The van der Waals surface area contributed by atoms with E-state index in [1.165, 1.54) is 25.7 Å². The summed E-state index contributed by atoms with van der Waals surface area (Å²) < 4.78 is 1.02. The summed E-state index contributed by atoms with van der Waals surface area (Å²) in [4.78, 5) is 0. The molecule has 1 aromatic carbocycles. The third-order valence-electron chi connectivity index (χ3n) is 3.48. The van der Waals surface area contributed by atoms with E-state index in [1.54, 1.807) is 0 Å². The van der Waals surface area contributed by atoms with Gasteiger partial charge in [-0.15, -0.1) is 0 Å². The highest BCUT2D eigenvalue weighted by molar-refractivity contribution is 9.10. The predicted octanol–water partition coefficient (Wildman–Crippen LogP) is 4.03. The van der Waals surface area contributed by atoms with Gasteiger partial charge in [0.25, 0.3) is 0 Å². The van der Waals surface area contributed by atoms with Crippen LogP contribution in [0.1, 0.15) is 25.7 Å². The summed E-state index contributed by atoms with van der Waals surface area (Å²) in [7, 11) is 0. The van der Waals surface area contributed by atoms with E-state index in [2.05, 4.69) is 21.2 Å². The molecule has 1 aliphatic rings. The van der Waals surface area contributed by atoms with Gasteiger partial charge >= 0.3 is 0 Å². The van der Waals surface area contributed by atoms with Crippen LogP contribution in [0, 0.1) is 5.92 Å². The molecule has 0 spiro atoms. The molecule has 1 aromatic rings. The van der Waals surface area contributed by atoms with E-state index in [0.717, 1.165) is 21.7 Å². The predicted molar refractivity (Wildman–Crippen MR) is 77.6 cm³/mol. The van der Waals surface area contributed by atoms with Crippen LogP contribution >= 0.6 is 27.5 Å². The number of nitrogens with two attached hydrogens (primary N) is 1. The van der Waals surface area contributed by atoms with Crippen LogP contribution in [-0.4, -0.2) is 12.6 Å². The third kappa shape index (κ3) is 3.36. The van der Waals surface area contributed by atoms with Crippen molar-refractivity contribution in [3.8, 4) is 0 Å². The largest absolute Gasteiger partial charge is 0.381 e. The normalized spacial score (nSPS) is 24.6. The Morgan fingerprint density at radius 2 is 2.12 bits per heavy atom. The maximum absolute atomic E-state index is 5.94. The number of hydrogen-bond donors (Lipinski definition) is 2. The molecule has 1 fully saturated rings. The average molecular weight is 318 g/mol. The maximum atomic E-state index is 5.94. The molecule has 2 nitrogen and oxygen atoms in total. The first kappa shape index (κ1) is 13.2. The molecule has 2 atom stereocenters. The highest BCUT2D eigenvalue weighted by Gasteiger charge is 2.24. The summed E-state index contributed by atoms with van der Waals surface area (Å²) in [6.45, 7) is 0.767. The molecule has 17 heavy (non-hydrogen) atoms. The molecule has 4 heteroatoms. The van der Waals surface area contributed by atoms with Gasteiger partial charge in [-0.25, -0.2) is 0 Å². The van der Waals surface area contributed by atoms with Gasteiger partial charge in [-0.1, -0.05) is 24.4 Å². The Morgan fingerprint density at radius 3 is 2.82 bits per heavy atom. The fraction of sp³-hybridized carbons (Fsp3) is 0.538. The highest BCUT2D eigenvalue weighted by atomic mass is 79.9. The van der Waals surface area contributed by atoms with E-state index < -0.39 is 0 Å². The third-order valence-corrected chi connectivity index (χ3v) is 4.38. The van der Waals surface area contributed by atoms with Crippen LogP contribution < -0.4 is 11.1 Å². The van der Waals surface area contributed by atoms with Crippen LogP contribution in [0.5, 0.6) is 0 Å². The van der Waals surface area contributed by atoms with Gasteiger partial charge in [0, 0.05) is 21.2 Å². The van der Waals surface area contributed by atoms with Crippen LogP contribution in [0.15, 0.2) is 22.7 Å². The fourth-order valence-electron chi connectivity index (χ4n) is 2.49. The van der Waals surface area contributed by atoms with Crippen molar-refractivity contribution < 1.29 is 0 Å². The molecule has 0 amide bonds. The molecule has 94 valence electrons. The number of benzene rings is 1. The van der Waals surface area contributed by atoms with E-state index >= 15 is 0 Å². The Hall–Kier alpha value is -0.250. The zero-order valence-electron chi connectivity index (χ0n) is 9.76. The standard InChI is InChI=1S/C13H18BrClN2/c14-11-7-10(15)5-6-13(11)17-12-4-2-1-3-9(12)8-16/h5-7,9,12,17H,1-4,8,16H2. The zero-order valence-corrected chi connectivity index (χ0v) is 12.1. The summed E-state index contributed by atoms with van der Waals surface area (Å²) in [5.74, 6) is 0.589. The molecule has 2 unspecified atom stereocenters. The van der Waals surface area contributed by atoms with Crippen LogP contribution in [0.25, 0.3) is 0 Å². The zero-order chi connectivity index (χ0) is 12.3. The number of rotatable bonds is 3. The summed E-state index contributed by atoms with van der Waals surface area (Å²) in [5, 5.41) is 4.34. The van der Waals surface area contributed by atoms with Crippen LogP contribution in [0.2, 0.25) is 5.02 Å². The molecular weight excluding hydrogens is 300 g/mol. The first-order valence-corrected chi connectivity index (χ1v) is 7.29. The lowest BCUT2D eigenvalue weighted by Gasteiger charge is -2.32. The molecule has 2 rings (SSSR count). The van der Waals surface area contributed by atoms with Gasteiger partial charge in [0.15, 0.2) is 0 Å². The lowest BCUT2D eigenvalue weighted by atomic mass is 9.84. The van der Waals surface area contributed by atoms with Crippen LogP contribution in [0.4, 0.5) is 5.69 Å². The molecule has 0 radical (unpaired) electrons. The second-order valence-corrected chi connectivity index (χ2v) is 5.95. The molecular formula is C13H18BrClN2. The van der Waals surface area contributed by atoms with Crippen LogP contribution in [0.3, 0.4) is 0 Å². The summed E-state index contributed by atoms with van der Waals surface area (Å²) in [5.41, 5.74) is 6.95. The summed E-state index contributed by atoms with van der Waals surface area (Å²) >= 11 is 9.48. The first-order chi connectivity index (χ1) is 8.20. The van der Waals surface area contributed by atoms with Crippen molar-refractivity contribution in [3.05, 3.63) is 27.7 Å². The van der Waals surface area contributed by atoms with Crippen molar-refractivity contribution in [1.29, 1.82) is 0 Å². The molecule has 1 saturated carbocycles. The minimum Gasteiger partial charge on any atom is -0.381 e. The lowest BCUT2D eigenvalue weighted by molar-refractivity contribution is 0.332. The minimum absolute atomic E-state index is 0.492. The Morgan fingerprint density at radius 1 is 1.35 bits per heavy atom. The Balaban J connectivity index is 2.08. The number of nitrogens with one attached hydrogen (secondary N) is 1. The van der Waals surface area contributed by atoms with Gasteiger partial charge in [0.1, 0.15) is 0 Å². The van der Waals surface area contributed by atoms with E-state index in [1.807, 2.05) is 18.2 Å². The topological polar surface area (TPSA) is 38.0 Å². The highest BCUT2D eigenvalue weighted by Crippen LogP contribution is 2.31. The smallest absolute Gasteiger partial charge is 0.0487 e. The van der Waals surface area contributed by atoms with Gasteiger partial charge in [0.05, 0.1) is 0 Å². The molecule has 0 bridgehead atoms. The van der Waals surface area contributed by atoms with Gasteiger partial charge in [-0.05, 0) is 59.4 Å². The quantitative estimate of drug-likeness (QED) is 0.883. The number of hydrogen-bond acceptors (Lipinski definition) is 2. The number of halogens is 2. The van der Waals surface area contributed by atoms with E-state index in [-0.39, 0.29) is 0 Å².